The van der Waals surface area contributed by atoms with Crippen molar-refractivity contribution in [1.29, 1.82) is 0 Å². The third kappa shape index (κ3) is 3.16. The van der Waals surface area contributed by atoms with Gasteiger partial charge in [0.05, 0.1) is 12.2 Å². The highest BCUT2D eigenvalue weighted by Crippen LogP contribution is 2.19. The van der Waals surface area contributed by atoms with Crippen LogP contribution in [0.2, 0.25) is 5.02 Å². The van der Waals surface area contributed by atoms with Gasteiger partial charge in [-0.2, -0.15) is 5.10 Å². The van der Waals surface area contributed by atoms with Crippen molar-refractivity contribution in [2.45, 2.75) is 19.9 Å². The predicted molar refractivity (Wildman–Crippen MR) is 105 cm³/mol. The zero-order valence-corrected chi connectivity index (χ0v) is 15.1. The molecule has 2 aromatic heterocycles. The van der Waals surface area contributed by atoms with Crippen LogP contribution in [0.5, 0.6) is 0 Å². The van der Waals surface area contributed by atoms with Gasteiger partial charge in [-0.25, -0.2) is 4.52 Å². The fraction of sp³-hybridized carbons (Fsp3) is 0.143. The van der Waals surface area contributed by atoms with Gasteiger partial charge in [-0.1, -0.05) is 54.9 Å². The lowest BCUT2D eigenvalue weighted by molar-refractivity contribution is 0.743. The fourth-order valence-corrected chi connectivity index (χ4v) is 3.25. The molecule has 5 heteroatoms. The van der Waals surface area contributed by atoms with Crippen LogP contribution in [-0.4, -0.2) is 14.2 Å². The number of aromatic nitrogens is 3. The highest BCUT2D eigenvalue weighted by Gasteiger charge is 2.09. The van der Waals surface area contributed by atoms with E-state index >= 15 is 0 Å². The summed E-state index contributed by atoms with van der Waals surface area (Å²) < 4.78 is 3.31. The van der Waals surface area contributed by atoms with E-state index < -0.39 is 0 Å². The topological polar surface area (TPSA) is 39.3 Å². The maximum Gasteiger partial charge on any atom is 0.276 e. The Morgan fingerprint density at radius 1 is 1.00 bits per heavy atom. The van der Waals surface area contributed by atoms with Gasteiger partial charge in [-0.3, -0.25) is 4.79 Å². The predicted octanol–water partition coefficient (Wildman–Crippen LogP) is 4.43. The Bertz CT molecular complexity index is 1130. The van der Waals surface area contributed by atoms with Crippen LogP contribution < -0.4 is 5.56 Å². The number of fused-ring (bicyclic) bond motifs is 1. The quantitative estimate of drug-likeness (QED) is 0.538. The van der Waals surface area contributed by atoms with E-state index in [0.717, 1.165) is 23.2 Å². The Hall–Kier alpha value is -2.85. The molecule has 0 spiro atoms. The van der Waals surface area contributed by atoms with Crippen molar-refractivity contribution in [1.82, 2.24) is 14.2 Å². The van der Waals surface area contributed by atoms with Gasteiger partial charge in [0.15, 0.2) is 0 Å². The summed E-state index contributed by atoms with van der Waals surface area (Å²) in [6.45, 7) is 2.60. The summed E-state index contributed by atoms with van der Waals surface area (Å²) in [5, 5.41) is 5.21. The summed E-state index contributed by atoms with van der Waals surface area (Å²) in [6.07, 6.45) is 4.57. The molecule has 0 aliphatic carbocycles. The number of hydrogen-bond donors (Lipinski definition) is 0. The van der Waals surface area contributed by atoms with E-state index in [4.69, 9.17) is 11.6 Å². The van der Waals surface area contributed by atoms with Crippen molar-refractivity contribution in [2.75, 3.05) is 0 Å². The zero-order valence-electron chi connectivity index (χ0n) is 14.4. The normalized spacial score (nSPS) is 11.2. The first-order valence-corrected chi connectivity index (χ1v) is 8.94. The Kier molecular flexibility index (Phi) is 4.35. The summed E-state index contributed by atoms with van der Waals surface area (Å²) in [5.41, 5.74) is 4.55. The molecule has 0 atom stereocenters. The Morgan fingerprint density at radius 2 is 1.81 bits per heavy atom. The standard InChI is InChI=1S/C21H18ClN3O/c1-2-15-6-8-17(9-7-15)19-13-20-21(26)24(10-11-25(20)23-19)14-16-4-3-5-18(22)12-16/h3-13H,2,14H2,1H3. The lowest BCUT2D eigenvalue weighted by atomic mass is 10.1. The van der Waals surface area contributed by atoms with E-state index in [-0.39, 0.29) is 5.56 Å². The average Bonchev–Trinajstić information content (AvgIpc) is 3.09. The largest absolute Gasteiger partial charge is 0.308 e. The molecule has 0 amide bonds. The molecule has 0 saturated carbocycles. The van der Waals surface area contributed by atoms with Gasteiger partial charge >= 0.3 is 0 Å². The summed E-state index contributed by atoms with van der Waals surface area (Å²) >= 11 is 6.04. The van der Waals surface area contributed by atoms with E-state index in [2.05, 4.69) is 24.2 Å². The molecule has 0 N–H and O–H groups in total. The molecule has 4 aromatic rings. The molecule has 0 unspecified atom stereocenters. The fourth-order valence-electron chi connectivity index (χ4n) is 3.04. The molecule has 2 heterocycles. The van der Waals surface area contributed by atoms with E-state index in [9.17, 15) is 4.79 Å². The molecular formula is C21H18ClN3O. The first-order valence-electron chi connectivity index (χ1n) is 8.56. The molecule has 0 radical (unpaired) electrons. The minimum atomic E-state index is -0.0728. The molecule has 0 bridgehead atoms. The van der Waals surface area contributed by atoms with Crippen LogP contribution in [0.15, 0.2) is 71.8 Å². The van der Waals surface area contributed by atoms with E-state index in [1.807, 2.05) is 48.7 Å². The summed E-state index contributed by atoms with van der Waals surface area (Å²) in [5.74, 6) is 0. The van der Waals surface area contributed by atoms with Crippen LogP contribution in [0.3, 0.4) is 0 Å². The van der Waals surface area contributed by atoms with Crippen LogP contribution >= 0.6 is 11.6 Å². The second-order valence-corrected chi connectivity index (χ2v) is 6.71. The van der Waals surface area contributed by atoms with Gasteiger partial charge in [-0.05, 0) is 35.7 Å². The monoisotopic (exact) mass is 363 g/mol. The van der Waals surface area contributed by atoms with Gasteiger partial charge < -0.3 is 4.57 Å². The van der Waals surface area contributed by atoms with Crippen molar-refractivity contribution in [3.05, 3.63) is 93.5 Å². The summed E-state index contributed by atoms with van der Waals surface area (Å²) in [4.78, 5) is 12.8. The molecule has 4 nitrogen and oxygen atoms in total. The molecule has 4 rings (SSSR count). The highest BCUT2D eigenvalue weighted by atomic mass is 35.5. The summed E-state index contributed by atoms with van der Waals surface area (Å²) in [7, 11) is 0. The van der Waals surface area contributed by atoms with Crippen LogP contribution in [0.1, 0.15) is 18.1 Å². The Balaban J connectivity index is 1.72. The summed E-state index contributed by atoms with van der Waals surface area (Å²) in [6, 6.07) is 17.7. The van der Waals surface area contributed by atoms with Gasteiger partial charge in [0.2, 0.25) is 0 Å². The second kappa shape index (κ2) is 6.81. The maximum absolute atomic E-state index is 12.8. The third-order valence-corrected chi connectivity index (χ3v) is 4.74. The molecule has 26 heavy (non-hydrogen) atoms. The number of rotatable bonds is 4. The van der Waals surface area contributed by atoms with Gasteiger partial charge in [-0.15, -0.1) is 0 Å². The molecule has 0 aliphatic rings. The zero-order chi connectivity index (χ0) is 18.1. The van der Waals surface area contributed by atoms with Crippen LogP contribution in [0, 0.1) is 0 Å². The van der Waals surface area contributed by atoms with E-state index in [1.165, 1.54) is 5.56 Å². The van der Waals surface area contributed by atoms with Crippen LogP contribution in [-0.2, 0) is 13.0 Å². The van der Waals surface area contributed by atoms with Gasteiger partial charge in [0.25, 0.3) is 5.56 Å². The van der Waals surface area contributed by atoms with Crippen LogP contribution in [0.4, 0.5) is 0 Å². The van der Waals surface area contributed by atoms with Crippen molar-refractivity contribution >= 4 is 17.1 Å². The minimum absolute atomic E-state index is 0.0728. The molecule has 2 aromatic carbocycles. The SMILES string of the molecule is CCc1ccc(-c2cc3c(=O)n(Cc4cccc(Cl)c4)ccn3n2)cc1. The molecular weight excluding hydrogens is 346 g/mol. The number of halogens is 1. The minimum Gasteiger partial charge on any atom is -0.308 e. The van der Waals surface area contributed by atoms with Gasteiger partial charge in [0.1, 0.15) is 5.52 Å². The maximum atomic E-state index is 12.8. The first kappa shape index (κ1) is 16.6. The van der Waals surface area contributed by atoms with Gasteiger partial charge in [0, 0.05) is 23.0 Å². The second-order valence-electron chi connectivity index (χ2n) is 6.27. The number of nitrogens with zero attached hydrogens (tertiary/aromatic N) is 3. The molecule has 0 aliphatic heterocycles. The molecule has 0 saturated heterocycles. The average molecular weight is 364 g/mol. The smallest absolute Gasteiger partial charge is 0.276 e. The molecule has 0 fully saturated rings. The van der Waals surface area contributed by atoms with Crippen molar-refractivity contribution < 1.29 is 0 Å². The number of aryl methyl sites for hydroxylation is 1. The van der Waals surface area contributed by atoms with E-state index in [0.29, 0.717) is 17.1 Å². The van der Waals surface area contributed by atoms with Crippen LogP contribution in [0.25, 0.3) is 16.8 Å². The number of hydrogen-bond acceptors (Lipinski definition) is 2. The van der Waals surface area contributed by atoms with Crippen molar-refractivity contribution in [3.8, 4) is 11.3 Å². The van der Waals surface area contributed by atoms with E-state index in [1.54, 1.807) is 15.3 Å². The van der Waals surface area contributed by atoms with Crippen molar-refractivity contribution in [2.24, 2.45) is 0 Å². The molecule has 130 valence electrons. The van der Waals surface area contributed by atoms with Crippen molar-refractivity contribution in [3.63, 3.8) is 0 Å². The first-order chi connectivity index (χ1) is 12.6. The lowest BCUT2D eigenvalue weighted by Gasteiger charge is -2.06. The Labute approximate surface area is 156 Å². The number of benzene rings is 2. The lowest BCUT2D eigenvalue weighted by Crippen LogP contribution is -2.21. The third-order valence-electron chi connectivity index (χ3n) is 4.50. The highest BCUT2D eigenvalue weighted by molar-refractivity contribution is 6.30. The Morgan fingerprint density at radius 3 is 2.54 bits per heavy atom.